The van der Waals surface area contributed by atoms with Crippen LogP contribution in [0.4, 0.5) is 5.69 Å². The molecule has 0 unspecified atom stereocenters. The highest BCUT2D eigenvalue weighted by atomic mass is 16.6. The van der Waals surface area contributed by atoms with E-state index in [9.17, 15) is 28.8 Å². The van der Waals surface area contributed by atoms with Gasteiger partial charge in [0.25, 0.3) is 11.8 Å². The number of amides is 2. The van der Waals surface area contributed by atoms with Crippen LogP contribution in [0.5, 0.6) is 5.75 Å². The third kappa shape index (κ3) is 10.9. The van der Waals surface area contributed by atoms with Gasteiger partial charge in [-0.2, -0.15) is 0 Å². The van der Waals surface area contributed by atoms with Gasteiger partial charge in [-0.3, -0.25) is 19.2 Å². The summed E-state index contributed by atoms with van der Waals surface area (Å²) in [6, 6.07) is 13.6. The molecule has 4 rings (SSSR count). The first-order chi connectivity index (χ1) is 25.3. The quantitative estimate of drug-likeness (QED) is 0.0771. The fourth-order valence-corrected chi connectivity index (χ4v) is 5.59. The van der Waals surface area contributed by atoms with E-state index in [1.807, 2.05) is 6.07 Å². The van der Waals surface area contributed by atoms with Crippen LogP contribution in [0.1, 0.15) is 79.0 Å². The second-order valence-electron chi connectivity index (χ2n) is 12.4. The van der Waals surface area contributed by atoms with Crippen LogP contribution in [-0.2, 0) is 44.8 Å². The molecule has 0 bridgehead atoms. The molecule has 0 radical (unpaired) electrons. The molecule has 2 atom stereocenters. The minimum Gasteiger partial charge on any atom is -0.458 e. The average molecular weight is 731 g/mol. The highest BCUT2D eigenvalue weighted by Gasteiger charge is 2.28. The lowest BCUT2D eigenvalue weighted by Gasteiger charge is -2.18. The van der Waals surface area contributed by atoms with Crippen LogP contribution in [0.25, 0.3) is 11.6 Å². The number of benzene rings is 2. The van der Waals surface area contributed by atoms with Gasteiger partial charge < -0.3 is 39.5 Å². The number of carbonyl (C=O) groups is 6. The number of aryl methyl sites for hydroxylation is 1. The predicted octanol–water partition coefficient (Wildman–Crippen LogP) is 4.49. The van der Waals surface area contributed by atoms with Crippen LogP contribution in [0, 0.1) is 13.8 Å². The van der Waals surface area contributed by atoms with Gasteiger partial charge in [-0.1, -0.05) is 44.2 Å². The Labute approximate surface area is 308 Å². The van der Waals surface area contributed by atoms with Crippen molar-refractivity contribution >= 4 is 53.0 Å². The number of anilines is 1. The number of esters is 4. The zero-order valence-corrected chi connectivity index (χ0v) is 30.8. The molecule has 0 saturated carbocycles. The number of hydrogen-bond acceptors (Lipinski definition) is 11. The SMILES string of the molecule is CCN(CC)CCNC(=O)c1c(C)[nH]c(/C=C2\C(=O)Nc3ccc(OC(=O)CCC(=O)O[C@@H](C)C(=O)O[C@@H](C)C(=O)OCc4ccccc4)cc32)c1C. The third-order valence-corrected chi connectivity index (χ3v) is 8.63. The molecule has 0 fully saturated rings. The molecule has 0 aliphatic carbocycles. The molecule has 0 saturated heterocycles. The minimum absolute atomic E-state index is 0.00736. The Balaban J connectivity index is 1.29. The smallest absolute Gasteiger partial charge is 0.347 e. The predicted molar refractivity (Wildman–Crippen MR) is 196 cm³/mol. The van der Waals surface area contributed by atoms with Crippen molar-refractivity contribution in [3.8, 4) is 5.75 Å². The molecule has 1 aliphatic rings. The van der Waals surface area contributed by atoms with Crippen molar-refractivity contribution < 1.29 is 47.7 Å². The summed E-state index contributed by atoms with van der Waals surface area (Å²) < 4.78 is 20.7. The Morgan fingerprint density at radius 1 is 0.887 bits per heavy atom. The van der Waals surface area contributed by atoms with E-state index in [1.165, 1.54) is 26.0 Å². The van der Waals surface area contributed by atoms with E-state index in [-0.39, 0.29) is 30.6 Å². The van der Waals surface area contributed by atoms with Gasteiger partial charge in [0.15, 0.2) is 12.2 Å². The van der Waals surface area contributed by atoms with Gasteiger partial charge in [0.1, 0.15) is 12.4 Å². The number of rotatable bonds is 17. The van der Waals surface area contributed by atoms with Crippen molar-refractivity contribution in [3.05, 3.63) is 82.2 Å². The molecule has 14 heteroatoms. The molecule has 1 aliphatic heterocycles. The number of aromatic nitrogens is 1. The van der Waals surface area contributed by atoms with Crippen molar-refractivity contribution in [2.45, 2.75) is 73.2 Å². The molecule has 0 spiro atoms. The number of nitrogens with one attached hydrogen (secondary N) is 3. The zero-order valence-electron chi connectivity index (χ0n) is 30.8. The van der Waals surface area contributed by atoms with Gasteiger partial charge in [-0.15, -0.1) is 0 Å². The monoisotopic (exact) mass is 730 g/mol. The zero-order chi connectivity index (χ0) is 38.7. The molecule has 2 heterocycles. The molecule has 1 aromatic heterocycles. The van der Waals surface area contributed by atoms with Crippen molar-refractivity contribution in [2.75, 3.05) is 31.5 Å². The maximum absolute atomic E-state index is 13.0. The van der Waals surface area contributed by atoms with Crippen LogP contribution in [0.2, 0.25) is 0 Å². The fraction of sp³-hybridized carbons (Fsp3) is 0.385. The Morgan fingerprint density at radius 3 is 2.26 bits per heavy atom. The summed E-state index contributed by atoms with van der Waals surface area (Å²) >= 11 is 0. The van der Waals surface area contributed by atoms with E-state index in [0.717, 1.165) is 25.2 Å². The maximum Gasteiger partial charge on any atom is 0.347 e. The minimum atomic E-state index is -1.34. The molecular weight excluding hydrogens is 684 g/mol. The first-order valence-electron chi connectivity index (χ1n) is 17.5. The summed E-state index contributed by atoms with van der Waals surface area (Å²) in [5.41, 5.74) is 4.52. The number of H-pyrrole nitrogens is 1. The Bertz CT molecular complexity index is 1860. The molecule has 3 aromatic rings. The molecule has 14 nitrogen and oxygen atoms in total. The topological polar surface area (TPSA) is 182 Å². The Morgan fingerprint density at radius 2 is 1.57 bits per heavy atom. The van der Waals surface area contributed by atoms with Crippen LogP contribution < -0.4 is 15.4 Å². The van der Waals surface area contributed by atoms with Crippen LogP contribution in [0.3, 0.4) is 0 Å². The standard InChI is InChI=1S/C39H46N4O10/c1-7-43(8-2)19-18-40-37(47)35-23(3)32(41-24(35)4)21-30-29-20-28(14-15-31(29)42-36(30)46)53-34(45)17-16-33(44)51-26(6)39(49)52-25(5)38(48)50-22-27-12-10-9-11-13-27/h9-15,20-21,25-26,41H,7-8,16-19,22H2,1-6H3,(H,40,47)(H,42,46)/b30-21-/t25-,26-/m0/s1. The van der Waals surface area contributed by atoms with Crippen molar-refractivity contribution in [2.24, 2.45) is 0 Å². The molecule has 2 aromatic carbocycles. The van der Waals surface area contributed by atoms with Crippen LogP contribution in [-0.4, -0.2) is 84.0 Å². The Hall–Kier alpha value is -5.76. The lowest BCUT2D eigenvalue weighted by atomic mass is 10.0. The summed E-state index contributed by atoms with van der Waals surface area (Å²) in [7, 11) is 0. The highest BCUT2D eigenvalue weighted by Crippen LogP contribution is 2.36. The van der Waals surface area contributed by atoms with E-state index < -0.39 is 42.5 Å². The van der Waals surface area contributed by atoms with Crippen molar-refractivity contribution in [1.29, 1.82) is 0 Å². The van der Waals surface area contributed by atoms with Gasteiger partial charge in [0.2, 0.25) is 0 Å². The first kappa shape index (κ1) is 40.0. The number of aromatic amines is 1. The van der Waals surface area contributed by atoms with Crippen molar-refractivity contribution in [1.82, 2.24) is 15.2 Å². The molecule has 3 N–H and O–H groups in total. The summed E-state index contributed by atoms with van der Waals surface area (Å²) in [6.07, 6.45) is -1.68. The van der Waals surface area contributed by atoms with Crippen LogP contribution >= 0.6 is 0 Å². The molecule has 282 valence electrons. The van der Waals surface area contributed by atoms with E-state index in [1.54, 1.807) is 50.3 Å². The van der Waals surface area contributed by atoms with Gasteiger partial charge in [0.05, 0.1) is 24.0 Å². The fourth-order valence-electron chi connectivity index (χ4n) is 5.59. The largest absolute Gasteiger partial charge is 0.458 e. The molecule has 2 amide bonds. The van der Waals surface area contributed by atoms with Gasteiger partial charge in [-0.25, -0.2) is 9.59 Å². The number of nitrogens with zero attached hydrogens (tertiary/aromatic N) is 1. The van der Waals surface area contributed by atoms with E-state index in [4.69, 9.17) is 18.9 Å². The van der Waals surface area contributed by atoms with E-state index in [0.29, 0.717) is 45.9 Å². The molecule has 53 heavy (non-hydrogen) atoms. The average Bonchev–Trinajstić information content (AvgIpc) is 3.60. The van der Waals surface area contributed by atoms with Crippen LogP contribution in [0.15, 0.2) is 48.5 Å². The molecular formula is C39H46N4O10. The van der Waals surface area contributed by atoms with E-state index in [2.05, 4.69) is 34.4 Å². The van der Waals surface area contributed by atoms with Gasteiger partial charge in [-0.05, 0) is 76.2 Å². The summed E-state index contributed by atoms with van der Waals surface area (Å²) in [6.45, 7) is 13.4. The van der Waals surface area contributed by atoms with Gasteiger partial charge >= 0.3 is 23.9 Å². The number of hydrogen-bond donors (Lipinski definition) is 3. The van der Waals surface area contributed by atoms with Crippen molar-refractivity contribution in [3.63, 3.8) is 0 Å². The summed E-state index contributed by atoms with van der Waals surface area (Å²) in [5, 5.41) is 5.76. The second kappa shape index (κ2) is 18.6. The summed E-state index contributed by atoms with van der Waals surface area (Å²) in [4.78, 5) is 81.1. The second-order valence-corrected chi connectivity index (χ2v) is 12.4. The number of fused-ring (bicyclic) bond motifs is 1. The maximum atomic E-state index is 13.0. The third-order valence-electron chi connectivity index (χ3n) is 8.63. The summed E-state index contributed by atoms with van der Waals surface area (Å²) in [5.74, 6) is -3.75. The lowest BCUT2D eigenvalue weighted by molar-refractivity contribution is -0.177. The number of carbonyl (C=O) groups excluding carboxylic acids is 6. The first-order valence-corrected chi connectivity index (χ1v) is 17.5. The number of ether oxygens (including phenoxy) is 4. The Kier molecular flexibility index (Phi) is 14.1. The number of likely N-dealkylation sites (N-methyl/N-ethyl adjacent to an activating group) is 1. The van der Waals surface area contributed by atoms with E-state index >= 15 is 0 Å². The van der Waals surface area contributed by atoms with Gasteiger partial charge in [0, 0.05) is 35.7 Å². The highest BCUT2D eigenvalue weighted by molar-refractivity contribution is 6.35. The normalized spacial score (nSPS) is 13.9. The lowest BCUT2D eigenvalue weighted by Crippen LogP contribution is -2.35.